The molecule has 4 aromatic heterocycles. The van der Waals surface area contributed by atoms with Gasteiger partial charge in [-0.3, -0.25) is 0 Å². The van der Waals surface area contributed by atoms with Crippen molar-refractivity contribution in [2.45, 2.75) is 36.3 Å². The minimum Gasteiger partial charge on any atom is -0.394 e. The van der Waals surface area contributed by atoms with Gasteiger partial charge in [0.05, 0.1) is 45.9 Å². The number of aromatic nitrogens is 8. The largest absolute Gasteiger partial charge is 0.435 e. The molecular formula is C32H19Cl4F7N8O4. The van der Waals surface area contributed by atoms with Crippen LogP contribution in [0.15, 0.2) is 61.3 Å². The van der Waals surface area contributed by atoms with Crippen LogP contribution in [0.5, 0.6) is 0 Å². The average molecular weight is 854 g/mol. The van der Waals surface area contributed by atoms with E-state index in [1.165, 1.54) is 0 Å². The lowest BCUT2D eigenvalue weighted by Gasteiger charge is -2.51. The van der Waals surface area contributed by atoms with Gasteiger partial charge < -0.3 is 20.1 Å². The van der Waals surface area contributed by atoms with Gasteiger partial charge in [-0.05, 0) is 41.9 Å². The van der Waals surface area contributed by atoms with Crippen molar-refractivity contribution in [2.75, 3.05) is 6.61 Å². The van der Waals surface area contributed by atoms with Gasteiger partial charge in [-0.1, -0.05) is 34.8 Å². The SMILES string of the molecule is OC[C@@H]1OC(c2nc(Cl)nn2-c2cc(Cl)cnc2C(F)(F)F)(n2cc(-c3ccc(Cl)c(F)c3F)cn2)[C@](O)(n2cc(-c3ccc(Cl)c(F)c3F)cn2)C[C@@H]1O. The van der Waals surface area contributed by atoms with Gasteiger partial charge in [-0.25, -0.2) is 36.6 Å². The van der Waals surface area contributed by atoms with Crippen molar-refractivity contribution in [3.8, 4) is 27.9 Å². The minimum absolute atomic E-state index is 0.202. The Balaban J connectivity index is 1.56. The summed E-state index contributed by atoms with van der Waals surface area (Å²) in [6.45, 7) is -1.00. The van der Waals surface area contributed by atoms with E-state index in [0.717, 1.165) is 55.1 Å². The maximum absolute atomic E-state index is 15.2. The van der Waals surface area contributed by atoms with Crippen LogP contribution >= 0.6 is 46.4 Å². The first-order valence-electron chi connectivity index (χ1n) is 15.3. The molecule has 1 fully saturated rings. The molecule has 0 radical (unpaired) electrons. The molecule has 4 atom stereocenters. The molecule has 3 N–H and O–H groups in total. The summed E-state index contributed by atoms with van der Waals surface area (Å²) in [5.41, 5.74) is -9.80. The Hall–Kier alpha value is -4.34. The fourth-order valence-corrected chi connectivity index (χ4v) is 6.81. The first-order valence-corrected chi connectivity index (χ1v) is 16.9. The zero-order valence-electron chi connectivity index (χ0n) is 26.8. The third-order valence-corrected chi connectivity index (χ3v) is 9.69. The molecule has 1 unspecified atom stereocenters. The van der Waals surface area contributed by atoms with Crippen LogP contribution in [0.3, 0.4) is 0 Å². The van der Waals surface area contributed by atoms with Gasteiger partial charge in [0.1, 0.15) is 6.10 Å². The fourth-order valence-electron chi connectivity index (χ4n) is 6.21. The molecule has 5 heterocycles. The number of hydrogen-bond donors (Lipinski definition) is 3. The maximum Gasteiger partial charge on any atom is 0.435 e. The Bertz CT molecular complexity index is 2470. The van der Waals surface area contributed by atoms with Gasteiger partial charge in [0.15, 0.2) is 34.8 Å². The lowest BCUT2D eigenvalue weighted by molar-refractivity contribution is -0.338. The molecule has 0 saturated carbocycles. The lowest BCUT2D eigenvalue weighted by Crippen LogP contribution is -2.68. The van der Waals surface area contributed by atoms with E-state index in [0.29, 0.717) is 20.2 Å². The van der Waals surface area contributed by atoms with Crippen LogP contribution in [0.2, 0.25) is 20.4 Å². The van der Waals surface area contributed by atoms with E-state index in [1.54, 1.807) is 0 Å². The Kier molecular flexibility index (Phi) is 9.90. The predicted molar refractivity (Wildman–Crippen MR) is 179 cm³/mol. The Morgan fingerprint density at radius 3 is 1.96 bits per heavy atom. The van der Waals surface area contributed by atoms with Crippen molar-refractivity contribution in [3.05, 3.63) is 116 Å². The summed E-state index contributed by atoms with van der Waals surface area (Å²) in [5.74, 6) is -6.58. The van der Waals surface area contributed by atoms with E-state index in [1.807, 2.05) is 0 Å². The normalized spacial score (nSPS) is 21.7. The summed E-state index contributed by atoms with van der Waals surface area (Å²) in [5, 5.41) is 44.5. The zero-order chi connectivity index (χ0) is 39.8. The maximum atomic E-state index is 15.2. The Labute approximate surface area is 322 Å². The molecule has 12 nitrogen and oxygen atoms in total. The molecular weight excluding hydrogens is 835 g/mol. The molecule has 0 amide bonds. The fraction of sp³-hybridized carbons (Fsp3) is 0.219. The molecule has 2 aromatic carbocycles. The first kappa shape index (κ1) is 38.9. The number of aliphatic hydroxyl groups excluding tert-OH is 2. The van der Waals surface area contributed by atoms with Crippen molar-refractivity contribution in [1.29, 1.82) is 0 Å². The van der Waals surface area contributed by atoms with Gasteiger partial charge in [-0.15, -0.1) is 5.10 Å². The second kappa shape index (κ2) is 14.0. The number of nitrogens with zero attached hydrogens (tertiary/aromatic N) is 8. The molecule has 0 bridgehead atoms. The van der Waals surface area contributed by atoms with Crippen molar-refractivity contribution < 1.29 is 50.8 Å². The Morgan fingerprint density at radius 2 is 1.40 bits per heavy atom. The zero-order valence-corrected chi connectivity index (χ0v) is 29.9. The van der Waals surface area contributed by atoms with Crippen molar-refractivity contribution in [1.82, 2.24) is 39.3 Å². The van der Waals surface area contributed by atoms with Crippen molar-refractivity contribution >= 4 is 46.4 Å². The van der Waals surface area contributed by atoms with Crippen LogP contribution in [0, 0.1) is 23.3 Å². The van der Waals surface area contributed by atoms with Crippen LogP contribution in [0.25, 0.3) is 27.9 Å². The summed E-state index contributed by atoms with van der Waals surface area (Å²) < 4.78 is 111. The van der Waals surface area contributed by atoms with E-state index in [4.69, 9.17) is 51.1 Å². The molecule has 23 heteroatoms. The van der Waals surface area contributed by atoms with Gasteiger partial charge >= 0.3 is 6.18 Å². The number of halogens is 11. The minimum atomic E-state index is -5.18. The highest BCUT2D eigenvalue weighted by Gasteiger charge is 2.66. The van der Waals surface area contributed by atoms with E-state index in [2.05, 4.69) is 25.3 Å². The first-order chi connectivity index (χ1) is 25.9. The van der Waals surface area contributed by atoms with Crippen LogP contribution in [0.4, 0.5) is 30.7 Å². The van der Waals surface area contributed by atoms with Crippen molar-refractivity contribution in [2.24, 2.45) is 0 Å². The van der Waals surface area contributed by atoms with E-state index in [9.17, 15) is 37.3 Å². The smallest absolute Gasteiger partial charge is 0.394 e. The molecule has 1 saturated heterocycles. The number of pyridine rings is 1. The molecule has 0 spiro atoms. The van der Waals surface area contributed by atoms with E-state index in [-0.39, 0.29) is 16.1 Å². The molecule has 288 valence electrons. The summed E-state index contributed by atoms with van der Waals surface area (Å²) in [6, 6.07) is 5.02. The molecule has 0 aliphatic carbocycles. The second-order valence-electron chi connectivity index (χ2n) is 12.0. The third-order valence-electron chi connectivity index (χ3n) is 8.74. The Morgan fingerprint density at radius 1 is 0.836 bits per heavy atom. The van der Waals surface area contributed by atoms with E-state index >= 15 is 8.78 Å². The topological polar surface area (TPSA) is 149 Å². The summed E-state index contributed by atoms with van der Waals surface area (Å²) in [4.78, 5) is 7.51. The molecule has 7 rings (SSSR count). The van der Waals surface area contributed by atoms with Gasteiger partial charge in [-0.2, -0.15) is 28.4 Å². The summed E-state index contributed by atoms with van der Waals surface area (Å²) in [6.07, 6.45) is -5.12. The molecule has 6 aromatic rings. The summed E-state index contributed by atoms with van der Waals surface area (Å²) >= 11 is 23.8. The van der Waals surface area contributed by atoms with Gasteiger partial charge in [0.2, 0.25) is 11.0 Å². The van der Waals surface area contributed by atoms with Gasteiger partial charge in [0, 0.05) is 47.3 Å². The number of aliphatic hydroxyl groups is 3. The number of alkyl halides is 3. The molecule has 55 heavy (non-hydrogen) atoms. The molecule has 1 aliphatic heterocycles. The number of ether oxygens (including phenoxy) is 1. The van der Waals surface area contributed by atoms with Crippen LogP contribution in [-0.4, -0.2) is 73.4 Å². The molecule has 1 aliphatic rings. The van der Waals surface area contributed by atoms with Crippen LogP contribution in [-0.2, 0) is 22.4 Å². The highest BCUT2D eigenvalue weighted by Crippen LogP contribution is 2.50. The monoisotopic (exact) mass is 852 g/mol. The highest BCUT2D eigenvalue weighted by atomic mass is 35.5. The van der Waals surface area contributed by atoms with Crippen LogP contribution < -0.4 is 0 Å². The second-order valence-corrected chi connectivity index (χ2v) is 13.6. The summed E-state index contributed by atoms with van der Waals surface area (Å²) in [7, 11) is 0. The highest BCUT2D eigenvalue weighted by molar-refractivity contribution is 6.31. The van der Waals surface area contributed by atoms with Crippen molar-refractivity contribution in [3.63, 3.8) is 0 Å². The van der Waals surface area contributed by atoms with Crippen LogP contribution in [0.1, 0.15) is 17.9 Å². The average Bonchev–Trinajstić information content (AvgIpc) is 3.91. The number of rotatable bonds is 7. The number of hydrogen-bond acceptors (Lipinski definition) is 9. The van der Waals surface area contributed by atoms with Gasteiger partial charge in [0.25, 0.3) is 5.72 Å². The quantitative estimate of drug-likeness (QED) is 0.117. The third kappa shape index (κ3) is 6.31. The standard InChI is InChI=1S/C32H19Cl4F7N8O4/c33-15-5-20(27(44-9-15)32(41,42)43)51-28(47-29(36)48-51)31(50-11-14(8-46-50)17-2-4-19(35)26(40)24(17)38)30(54,6-21(53)22(12-52)55-31)49-10-13(7-45-49)16-1-3-18(34)25(39)23(16)37/h1-5,7-11,21-22,52-54H,6,12H2/t21-,22-,30-,31?/m0/s1. The predicted octanol–water partition coefficient (Wildman–Crippen LogP) is 6.77. The van der Waals surface area contributed by atoms with E-state index < -0.39 is 110 Å². The lowest BCUT2D eigenvalue weighted by atomic mass is 9.86. The number of benzene rings is 2.